The number of hydrazine groups is 1. The molecule has 0 aliphatic carbocycles. The number of hydrogen-bond acceptors (Lipinski definition) is 2. The summed E-state index contributed by atoms with van der Waals surface area (Å²) in [6.45, 7) is 4.21. The smallest absolute Gasteiger partial charge is 0.0666 e. The van der Waals surface area contributed by atoms with E-state index in [9.17, 15) is 0 Å². The fraction of sp³-hybridized carbons (Fsp3) is 1.00. The Morgan fingerprint density at radius 3 is 2.11 bits per heavy atom. The second-order valence-corrected chi connectivity index (χ2v) is 3.22. The highest BCUT2D eigenvalue weighted by atomic mass is 35.5. The van der Waals surface area contributed by atoms with Gasteiger partial charge in [0, 0.05) is 19.1 Å². The van der Waals surface area contributed by atoms with E-state index in [1.54, 1.807) is 0 Å². The van der Waals surface area contributed by atoms with E-state index in [2.05, 4.69) is 24.3 Å². The van der Waals surface area contributed by atoms with Gasteiger partial charge in [-0.15, -0.1) is 11.6 Å². The van der Waals surface area contributed by atoms with Gasteiger partial charge in [-0.2, -0.15) is 0 Å². The van der Waals surface area contributed by atoms with Crippen LogP contribution in [0.25, 0.3) is 0 Å². The molecule has 1 fully saturated rings. The summed E-state index contributed by atoms with van der Waals surface area (Å²) >= 11 is 6.00. The van der Waals surface area contributed by atoms with E-state index in [1.807, 2.05) is 7.05 Å². The molecule has 3 unspecified atom stereocenters. The summed E-state index contributed by atoms with van der Waals surface area (Å²) in [4.78, 5) is 0. The van der Waals surface area contributed by atoms with E-state index < -0.39 is 0 Å². The zero-order chi connectivity index (χ0) is 7.02. The predicted molar refractivity (Wildman–Crippen MR) is 39.5 cm³/mol. The normalized spacial score (nSPS) is 46.0. The van der Waals surface area contributed by atoms with Crippen molar-refractivity contribution in [2.75, 3.05) is 7.05 Å². The maximum atomic E-state index is 6.00. The first-order valence-corrected chi connectivity index (χ1v) is 3.69. The van der Waals surface area contributed by atoms with Crippen molar-refractivity contribution in [3.05, 3.63) is 0 Å². The van der Waals surface area contributed by atoms with Crippen LogP contribution in [0.1, 0.15) is 13.8 Å². The largest absolute Gasteiger partial charge is 0.251 e. The van der Waals surface area contributed by atoms with Crippen molar-refractivity contribution >= 4 is 11.6 Å². The highest BCUT2D eigenvalue weighted by molar-refractivity contribution is 6.21. The fourth-order valence-electron chi connectivity index (χ4n) is 1.14. The highest BCUT2D eigenvalue weighted by Crippen LogP contribution is 2.17. The van der Waals surface area contributed by atoms with Crippen LogP contribution in [-0.2, 0) is 0 Å². The molecule has 1 N–H and O–H groups in total. The molecule has 1 rings (SSSR count). The number of alkyl halides is 1. The Labute approximate surface area is 61.1 Å². The standard InChI is InChI=1S/C6H13ClN2/c1-4-6(7)5(2)9(3)8-4/h4-6,8H,1-3H3. The van der Waals surface area contributed by atoms with Gasteiger partial charge in [-0.05, 0) is 13.8 Å². The molecular formula is C6H13ClN2. The van der Waals surface area contributed by atoms with Crippen molar-refractivity contribution < 1.29 is 0 Å². The molecule has 1 heterocycles. The van der Waals surface area contributed by atoms with Crippen molar-refractivity contribution in [2.45, 2.75) is 31.3 Å². The van der Waals surface area contributed by atoms with Gasteiger partial charge in [0.1, 0.15) is 0 Å². The van der Waals surface area contributed by atoms with E-state index in [1.165, 1.54) is 0 Å². The molecule has 2 nitrogen and oxygen atoms in total. The molecule has 1 aliphatic heterocycles. The fourth-order valence-corrected chi connectivity index (χ4v) is 1.37. The Morgan fingerprint density at radius 1 is 1.44 bits per heavy atom. The molecule has 0 bridgehead atoms. The molecule has 1 aliphatic rings. The lowest BCUT2D eigenvalue weighted by atomic mass is 10.2. The van der Waals surface area contributed by atoms with Crippen LogP contribution in [-0.4, -0.2) is 29.5 Å². The van der Waals surface area contributed by atoms with Gasteiger partial charge in [0.25, 0.3) is 0 Å². The Kier molecular flexibility index (Phi) is 1.99. The number of halogens is 1. The lowest BCUT2D eigenvalue weighted by Crippen LogP contribution is -2.33. The number of nitrogens with one attached hydrogen (secondary N) is 1. The minimum Gasteiger partial charge on any atom is -0.251 e. The Morgan fingerprint density at radius 2 is 2.00 bits per heavy atom. The summed E-state index contributed by atoms with van der Waals surface area (Å²) in [7, 11) is 2.02. The first-order chi connectivity index (χ1) is 4.13. The van der Waals surface area contributed by atoms with Crippen LogP contribution in [0, 0.1) is 0 Å². The summed E-state index contributed by atoms with van der Waals surface area (Å²) in [6, 6.07) is 0.855. The van der Waals surface area contributed by atoms with Gasteiger partial charge in [0.05, 0.1) is 5.38 Å². The van der Waals surface area contributed by atoms with Crippen LogP contribution < -0.4 is 5.43 Å². The Bertz CT molecular complexity index is 95.2. The van der Waals surface area contributed by atoms with Crippen molar-refractivity contribution in [2.24, 2.45) is 0 Å². The van der Waals surface area contributed by atoms with Crippen LogP contribution in [0.5, 0.6) is 0 Å². The molecule has 3 atom stereocenters. The molecule has 9 heavy (non-hydrogen) atoms. The van der Waals surface area contributed by atoms with Crippen LogP contribution in [0.3, 0.4) is 0 Å². The zero-order valence-corrected chi connectivity index (χ0v) is 6.81. The number of hydrogen-bond donors (Lipinski definition) is 1. The molecule has 0 spiro atoms. The van der Waals surface area contributed by atoms with E-state index in [0.29, 0.717) is 12.1 Å². The minimum atomic E-state index is 0.245. The predicted octanol–water partition coefficient (Wildman–Crippen LogP) is 0.821. The van der Waals surface area contributed by atoms with Crippen LogP contribution >= 0.6 is 11.6 Å². The first-order valence-electron chi connectivity index (χ1n) is 3.26. The van der Waals surface area contributed by atoms with Crippen LogP contribution in [0.4, 0.5) is 0 Å². The molecule has 0 aromatic heterocycles. The number of rotatable bonds is 0. The average Bonchev–Trinajstić information content (AvgIpc) is 1.98. The summed E-state index contributed by atoms with van der Waals surface area (Å²) < 4.78 is 0. The van der Waals surface area contributed by atoms with Crippen molar-refractivity contribution in [1.29, 1.82) is 0 Å². The Hall–Kier alpha value is 0.210. The molecule has 3 heteroatoms. The quantitative estimate of drug-likeness (QED) is 0.512. The van der Waals surface area contributed by atoms with Gasteiger partial charge < -0.3 is 0 Å². The molecule has 0 saturated carbocycles. The third kappa shape index (κ3) is 1.20. The SMILES string of the molecule is CC1NN(C)C(C)C1Cl. The van der Waals surface area contributed by atoms with Gasteiger partial charge in [-0.25, -0.2) is 5.01 Å². The van der Waals surface area contributed by atoms with Gasteiger partial charge in [0.15, 0.2) is 0 Å². The zero-order valence-electron chi connectivity index (χ0n) is 6.06. The summed E-state index contributed by atoms with van der Waals surface area (Å²) in [6.07, 6.45) is 0. The maximum Gasteiger partial charge on any atom is 0.0666 e. The third-order valence-corrected chi connectivity index (χ3v) is 2.70. The summed E-state index contributed by atoms with van der Waals surface area (Å²) in [5, 5.41) is 2.30. The molecule has 0 aromatic rings. The van der Waals surface area contributed by atoms with Gasteiger partial charge >= 0.3 is 0 Å². The molecule has 0 radical (unpaired) electrons. The highest BCUT2D eigenvalue weighted by Gasteiger charge is 2.31. The number of nitrogens with zero attached hydrogens (tertiary/aromatic N) is 1. The van der Waals surface area contributed by atoms with Crippen LogP contribution in [0.2, 0.25) is 0 Å². The monoisotopic (exact) mass is 148 g/mol. The lowest BCUT2D eigenvalue weighted by Gasteiger charge is -2.14. The van der Waals surface area contributed by atoms with Gasteiger partial charge in [-0.3, -0.25) is 5.43 Å². The molecular weight excluding hydrogens is 136 g/mol. The molecule has 1 saturated heterocycles. The maximum absolute atomic E-state index is 6.00. The molecule has 54 valence electrons. The van der Waals surface area contributed by atoms with Crippen LogP contribution in [0.15, 0.2) is 0 Å². The van der Waals surface area contributed by atoms with E-state index >= 15 is 0 Å². The van der Waals surface area contributed by atoms with E-state index in [-0.39, 0.29) is 5.38 Å². The first kappa shape index (κ1) is 7.32. The minimum absolute atomic E-state index is 0.245. The van der Waals surface area contributed by atoms with Gasteiger partial charge in [-0.1, -0.05) is 0 Å². The summed E-state index contributed by atoms with van der Waals surface area (Å²) in [5.74, 6) is 0. The second kappa shape index (κ2) is 2.45. The average molecular weight is 149 g/mol. The molecule has 0 amide bonds. The van der Waals surface area contributed by atoms with Crippen molar-refractivity contribution in [1.82, 2.24) is 10.4 Å². The van der Waals surface area contributed by atoms with Gasteiger partial charge in [0.2, 0.25) is 0 Å². The third-order valence-electron chi connectivity index (χ3n) is 1.96. The second-order valence-electron chi connectivity index (χ2n) is 2.71. The lowest BCUT2D eigenvalue weighted by molar-refractivity contribution is 0.242. The van der Waals surface area contributed by atoms with Crippen molar-refractivity contribution in [3.63, 3.8) is 0 Å². The van der Waals surface area contributed by atoms with Crippen molar-refractivity contribution in [3.8, 4) is 0 Å². The van der Waals surface area contributed by atoms with E-state index in [0.717, 1.165) is 0 Å². The topological polar surface area (TPSA) is 15.3 Å². The Balaban J connectivity index is 2.54. The summed E-state index contributed by atoms with van der Waals surface area (Å²) in [5.41, 5.74) is 3.22. The van der Waals surface area contributed by atoms with E-state index in [4.69, 9.17) is 11.6 Å². The molecule has 0 aromatic carbocycles.